The molecule has 0 spiro atoms. The van der Waals surface area contributed by atoms with E-state index >= 15 is 0 Å². The number of aromatic nitrogens is 3. The van der Waals surface area contributed by atoms with Crippen LogP contribution < -0.4 is 5.32 Å². The summed E-state index contributed by atoms with van der Waals surface area (Å²) in [6.45, 7) is 3.65. The monoisotopic (exact) mass is 362 g/mol. The number of benzene rings is 1. The Kier molecular flexibility index (Phi) is 5.73. The van der Waals surface area contributed by atoms with Crippen LogP contribution in [0.5, 0.6) is 0 Å². The topological polar surface area (TPSA) is 59.8 Å². The van der Waals surface area contributed by atoms with Gasteiger partial charge in [-0.05, 0) is 44.4 Å². The highest BCUT2D eigenvalue weighted by atomic mass is 32.2. The van der Waals surface area contributed by atoms with Gasteiger partial charge in [-0.1, -0.05) is 37.1 Å². The first kappa shape index (κ1) is 17.9. The van der Waals surface area contributed by atoms with Gasteiger partial charge in [0, 0.05) is 11.7 Å². The summed E-state index contributed by atoms with van der Waals surface area (Å²) in [5.41, 5.74) is 1.03. The lowest BCUT2D eigenvalue weighted by Gasteiger charge is -2.24. The van der Waals surface area contributed by atoms with Crippen LogP contribution in [0, 0.1) is 19.7 Å². The SMILES string of the molecule is Cc1ccc(NC(=O)CSc2nnc(C)n2C2CCCCC2)cc1F. The van der Waals surface area contributed by atoms with Crippen LogP contribution in [0.4, 0.5) is 10.1 Å². The molecule has 0 saturated heterocycles. The molecule has 5 nitrogen and oxygen atoms in total. The molecule has 1 aromatic heterocycles. The van der Waals surface area contributed by atoms with Crippen LogP contribution in [-0.4, -0.2) is 26.4 Å². The van der Waals surface area contributed by atoms with Gasteiger partial charge in [0.1, 0.15) is 11.6 Å². The zero-order valence-corrected chi connectivity index (χ0v) is 15.4. The maximum Gasteiger partial charge on any atom is 0.234 e. The van der Waals surface area contributed by atoms with E-state index in [0.29, 0.717) is 17.3 Å². The molecule has 0 unspecified atom stereocenters. The number of nitrogens with one attached hydrogen (secondary N) is 1. The van der Waals surface area contributed by atoms with Gasteiger partial charge in [-0.2, -0.15) is 0 Å². The smallest absolute Gasteiger partial charge is 0.234 e. The van der Waals surface area contributed by atoms with Crippen molar-refractivity contribution in [2.24, 2.45) is 0 Å². The van der Waals surface area contributed by atoms with Gasteiger partial charge in [0.25, 0.3) is 0 Å². The molecule has 1 saturated carbocycles. The molecule has 7 heteroatoms. The number of hydrogen-bond donors (Lipinski definition) is 1. The number of anilines is 1. The van der Waals surface area contributed by atoms with E-state index in [1.165, 1.54) is 37.1 Å². The second-order valence-corrected chi connectivity index (χ2v) is 7.43. The zero-order chi connectivity index (χ0) is 17.8. The molecule has 1 N–H and O–H groups in total. The Labute approximate surface area is 151 Å². The van der Waals surface area contributed by atoms with Crippen molar-refractivity contribution >= 4 is 23.4 Å². The molecular formula is C18H23FN4OS. The van der Waals surface area contributed by atoms with Crippen LogP contribution in [0.2, 0.25) is 0 Å². The minimum Gasteiger partial charge on any atom is -0.325 e. The number of amides is 1. The van der Waals surface area contributed by atoms with Crippen LogP contribution in [0.3, 0.4) is 0 Å². The second kappa shape index (κ2) is 7.99. The third-order valence-electron chi connectivity index (χ3n) is 4.56. The summed E-state index contributed by atoms with van der Waals surface area (Å²) in [6.07, 6.45) is 6.02. The van der Waals surface area contributed by atoms with Crippen molar-refractivity contribution in [3.63, 3.8) is 0 Å². The van der Waals surface area contributed by atoms with Crippen molar-refractivity contribution < 1.29 is 9.18 Å². The zero-order valence-electron chi connectivity index (χ0n) is 14.6. The lowest BCUT2D eigenvalue weighted by Crippen LogP contribution is -2.17. The number of aryl methyl sites for hydroxylation is 2. The molecule has 0 bridgehead atoms. The van der Waals surface area contributed by atoms with E-state index in [0.717, 1.165) is 23.8 Å². The quantitative estimate of drug-likeness (QED) is 0.807. The lowest BCUT2D eigenvalue weighted by atomic mass is 9.95. The molecule has 1 aliphatic rings. The third-order valence-corrected chi connectivity index (χ3v) is 5.51. The number of hydrogen-bond acceptors (Lipinski definition) is 4. The van der Waals surface area contributed by atoms with E-state index in [1.54, 1.807) is 19.1 Å². The van der Waals surface area contributed by atoms with Crippen LogP contribution in [0.25, 0.3) is 0 Å². The van der Waals surface area contributed by atoms with Gasteiger partial charge >= 0.3 is 0 Å². The summed E-state index contributed by atoms with van der Waals surface area (Å²) >= 11 is 1.38. The molecule has 3 rings (SSSR count). The largest absolute Gasteiger partial charge is 0.325 e. The van der Waals surface area contributed by atoms with Gasteiger partial charge in [-0.15, -0.1) is 10.2 Å². The molecule has 2 aromatic rings. The molecule has 0 aliphatic heterocycles. The van der Waals surface area contributed by atoms with E-state index in [9.17, 15) is 9.18 Å². The van der Waals surface area contributed by atoms with Crippen molar-refractivity contribution in [3.05, 3.63) is 35.4 Å². The van der Waals surface area contributed by atoms with Crippen molar-refractivity contribution in [3.8, 4) is 0 Å². The summed E-state index contributed by atoms with van der Waals surface area (Å²) < 4.78 is 15.7. The summed E-state index contributed by atoms with van der Waals surface area (Å²) in [7, 11) is 0. The fraction of sp³-hybridized carbons (Fsp3) is 0.500. The summed E-state index contributed by atoms with van der Waals surface area (Å²) in [5, 5.41) is 11.9. The fourth-order valence-corrected chi connectivity index (χ4v) is 4.06. The molecule has 134 valence electrons. The molecule has 1 fully saturated rings. The third kappa shape index (κ3) is 4.39. The van der Waals surface area contributed by atoms with Crippen LogP contribution in [0.15, 0.2) is 23.4 Å². The fourth-order valence-electron chi connectivity index (χ4n) is 3.21. The lowest BCUT2D eigenvalue weighted by molar-refractivity contribution is -0.113. The first-order valence-electron chi connectivity index (χ1n) is 8.65. The Hall–Kier alpha value is -1.89. The van der Waals surface area contributed by atoms with E-state index in [-0.39, 0.29) is 17.5 Å². The molecule has 25 heavy (non-hydrogen) atoms. The highest BCUT2D eigenvalue weighted by Crippen LogP contribution is 2.32. The predicted octanol–water partition coefficient (Wildman–Crippen LogP) is 4.27. The normalized spacial score (nSPS) is 15.3. The number of nitrogens with zero attached hydrogens (tertiary/aromatic N) is 3. The number of halogens is 1. The molecule has 1 aliphatic carbocycles. The first-order valence-corrected chi connectivity index (χ1v) is 9.63. The molecule has 0 atom stereocenters. The standard InChI is InChI=1S/C18H23FN4OS/c1-12-8-9-14(10-16(12)19)20-17(24)11-25-18-22-21-13(2)23(18)15-6-4-3-5-7-15/h8-10,15H,3-7,11H2,1-2H3,(H,20,24). The van der Waals surface area contributed by atoms with Crippen molar-refractivity contribution in [2.45, 2.75) is 57.1 Å². The van der Waals surface area contributed by atoms with E-state index in [4.69, 9.17) is 0 Å². The van der Waals surface area contributed by atoms with Crippen LogP contribution in [-0.2, 0) is 4.79 Å². The Morgan fingerprint density at radius 2 is 2.04 bits per heavy atom. The van der Waals surface area contributed by atoms with E-state index in [1.807, 2.05) is 6.92 Å². The molecule has 1 heterocycles. The number of thioether (sulfide) groups is 1. The molecule has 1 amide bonds. The van der Waals surface area contributed by atoms with Crippen LogP contribution >= 0.6 is 11.8 Å². The Balaban J connectivity index is 1.61. The minimum absolute atomic E-state index is 0.177. The Bertz CT molecular complexity index is 756. The van der Waals surface area contributed by atoms with Crippen molar-refractivity contribution in [1.82, 2.24) is 14.8 Å². The Morgan fingerprint density at radius 3 is 2.76 bits per heavy atom. The number of rotatable bonds is 5. The summed E-state index contributed by atoms with van der Waals surface area (Å²) in [4.78, 5) is 12.2. The summed E-state index contributed by atoms with van der Waals surface area (Å²) in [5.74, 6) is 0.623. The molecular weight excluding hydrogens is 339 g/mol. The first-order chi connectivity index (χ1) is 12.0. The van der Waals surface area contributed by atoms with Gasteiger partial charge in [0.2, 0.25) is 5.91 Å². The second-order valence-electron chi connectivity index (χ2n) is 6.49. The summed E-state index contributed by atoms with van der Waals surface area (Å²) in [6, 6.07) is 5.13. The van der Waals surface area contributed by atoms with Crippen LogP contribution in [0.1, 0.15) is 49.5 Å². The number of carbonyl (C=O) groups is 1. The maximum atomic E-state index is 13.6. The van der Waals surface area contributed by atoms with Gasteiger partial charge in [-0.3, -0.25) is 4.79 Å². The molecule has 1 aromatic carbocycles. The predicted molar refractivity (Wildman–Crippen MR) is 97.4 cm³/mol. The van der Waals surface area contributed by atoms with Crippen molar-refractivity contribution in [2.75, 3.05) is 11.1 Å². The molecule has 0 radical (unpaired) electrons. The average Bonchev–Trinajstić information content (AvgIpc) is 2.98. The number of carbonyl (C=O) groups excluding carboxylic acids is 1. The van der Waals surface area contributed by atoms with Gasteiger partial charge in [0.05, 0.1) is 5.75 Å². The van der Waals surface area contributed by atoms with Gasteiger partial charge in [-0.25, -0.2) is 4.39 Å². The highest BCUT2D eigenvalue weighted by Gasteiger charge is 2.21. The van der Waals surface area contributed by atoms with E-state index in [2.05, 4.69) is 20.1 Å². The average molecular weight is 362 g/mol. The van der Waals surface area contributed by atoms with Gasteiger partial charge < -0.3 is 9.88 Å². The maximum absolute atomic E-state index is 13.6. The Morgan fingerprint density at radius 1 is 1.28 bits per heavy atom. The highest BCUT2D eigenvalue weighted by molar-refractivity contribution is 7.99. The minimum atomic E-state index is -0.321. The van der Waals surface area contributed by atoms with E-state index < -0.39 is 0 Å². The van der Waals surface area contributed by atoms with Crippen molar-refractivity contribution in [1.29, 1.82) is 0 Å². The van der Waals surface area contributed by atoms with Gasteiger partial charge in [0.15, 0.2) is 5.16 Å².